The SMILES string of the molecule is Cc1cccc(C(O)C2(CN)CCCCCCC2)c1C. The summed E-state index contributed by atoms with van der Waals surface area (Å²) in [5, 5.41) is 11.0. The van der Waals surface area contributed by atoms with Crippen LogP contribution in [0.1, 0.15) is 67.7 Å². The van der Waals surface area contributed by atoms with Crippen molar-refractivity contribution in [1.82, 2.24) is 0 Å². The molecule has 2 heteroatoms. The van der Waals surface area contributed by atoms with Crippen LogP contribution >= 0.6 is 0 Å². The van der Waals surface area contributed by atoms with Crippen molar-refractivity contribution < 1.29 is 5.11 Å². The molecule has 2 rings (SSSR count). The van der Waals surface area contributed by atoms with Gasteiger partial charge in [-0.15, -0.1) is 0 Å². The Morgan fingerprint density at radius 2 is 1.70 bits per heavy atom. The number of hydrogen-bond donors (Lipinski definition) is 2. The van der Waals surface area contributed by atoms with Gasteiger partial charge < -0.3 is 10.8 Å². The van der Waals surface area contributed by atoms with Gasteiger partial charge in [-0.25, -0.2) is 0 Å². The lowest BCUT2D eigenvalue weighted by Gasteiger charge is -2.39. The maximum atomic E-state index is 11.0. The van der Waals surface area contributed by atoms with Crippen molar-refractivity contribution in [2.24, 2.45) is 11.1 Å². The van der Waals surface area contributed by atoms with Gasteiger partial charge in [0.05, 0.1) is 6.10 Å². The highest BCUT2D eigenvalue weighted by molar-refractivity contribution is 5.35. The van der Waals surface area contributed by atoms with Gasteiger partial charge in [0.2, 0.25) is 0 Å². The van der Waals surface area contributed by atoms with E-state index >= 15 is 0 Å². The molecule has 2 nitrogen and oxygen atoms in total. The summed E-state index contributed by atoms with van der Waals surface area (Å²) in [7, 11) is 0. The zero-order valence-corrected chi connectivity index (χ0v) is 13.0. The molecule has 1 aliphatic rings. The third-order valence-electron chi connectivity index (χ3n) is 5.28. The molecule has 3 N–H and O–H groups in total. The third kappa shape index (κ3) is 3.07. The van der Waals surface area contributed by atoms with Crippen LogP contribution in [0.2, 0.25) is 0 Å². The number of hydrogen-bond acceptors (Lipinski definition) is 2. The van der Waals surface area contributed by atoms with Crippen LogP contribution in [0.5, 0.6) is 0 Å². The predicted molar refractivity (Wildman–Crippen MR) is 84.7 cm³/mol. The van der Waals surface area contributed by atoms with Crippen LogP contribution < -0.4 is 5.73 Å². The van der Waals surface area contributed by atoms with Crippen molar-refractivity contribution in [2.45, 2.75) is 64.9 Å². The Morgan fingerprint density at radius 3 is 2.30 bits per heavy atom. The van der Waals surface area contributed by atoms with E-state index < -0.39 is 6.10 Å². The van der Waals surface area contributed by atoms with Gasteiger partial charge in [0, 0.05) is 12.0 Å². The molecule has 0 aliphatic heterocycles. The standard InChI is InChI=1S/C18H29NO/c1-14-9-8-10-16(15(14)2)17(20)18(13-19)11-6-4-3-5-7-12-18/h8-10,17,20H,3-7,11-13,19H2,1-2H3. The smallest absolute Gasteiger partial charge is 0.0860 e. The number of rotatable bonds is 3. The molecule has 1 aromatic rings. The lowest BCUT2D eigenvalue weighted by Crippen LogP contribution is -2.37. The van der Waals surface area contributed by atoms with Crippen LogP contribution in [0.15, 0.2) is 18.2 Å². The fourth-order valence-corrected chi connectivity index (χ4v) is 3.60. The molecule has 0 heterocycles. The molecule has 0 radical (unpaired) electrons. The summed E-state index contributed by atoms with van der Waals surface area (Å²) < 4.78 is 0. The zero-order valence-electron chi connectivity index (χ0n) is 13.0. The van der Waals surface area contributed by atoms with Crippen LogP contribution in [-0.2, 0) is 0 Å². The van der Waals surface area contributed by atoms with Crippen LogP contribution in [0.3, 0.4) is 0 Å². The van der Waals surface area contributed by atoms with E-state index in [9.17, 15) is 5.11 Å². The number of aliphatic hydroxyl groups excluding tert-OH is 1. The average Bonchev–Trinajstić information content (AvgIpc) is 2.42. The summed E-state index contributed by atoms with van der Waals surface area (Å²) in [5.41, 5.74) is 9.55. The summed E-state index contributed by atoms with van der Waals surface area (Å²) in [4.78, 5) is 0. The van der Waals surface area contributed by atoms with Crippen molar-refractivity contribution in [3.63, 3.8) is 0 Å². The first kappa shape index (κ1) is 15.5. The van der Waals surface area contributed by atoms with E-state index in [1.807, 2.05) is 6.07 Å². The number of aliphatic hydroxyl groups is 1. The summed E-state index contributed by atoms with van der Waals surface area (Å²) >= 11 is 0. The van der Waals surface area contributed by atoms with Gasteiger partial charge in [0.1, 0.15) is 0 Å². The highest BCUT2D eigenvalue weighted by Gasteiger charge is 2.37. The van der Waals surface area contributed by atoms with Crippen molar-refractivity contribution in [3.8, 4) is 0 Å². The number of nitrogens with two attached hydrogens (primary N) is 1. The number of benzene rings is 1. The lowest BCUT2D eigenvalue weighted by atomic mass is 9.69. The van der Waals surface area contributed by atoms with Crippen LogP contribution in [0.25, 0.3) is 0 Å². The molecule has 0 aromatic heterocycles. The second-order valence-corrected chi connectivity index (χ2v) is 6.53. The van der Waals surface area contributed by atoms with E-state index in [2.05, 4.69) is 26.0 Å². The Labute approximate surface area is 123 Å². The fourth-order valence-electron chi connectivity index (χ4n) is 3.60. The first-order valence-electron chi connectivity index (χ1n) is 8.05. The molecule has 20 heavy (non-hydrogen) atoms. The van der Waals surface area contributed by atoms with Gasteiger partial charge in [0.15, 0.2) is 0 Å². The maximum Gasteiger partial charge on any atom is 0.0860 e. The van der Waals surface area contributed by atoms with Gasteiger partial charge in [-0.3, -0.25) is 0 Å². The van der Waals surface area contributed by atoms with Gasteiger partial charge in [0.25, 0.3) is 0 Å². The third-order valence-corrected chi connectivity index (χ3v) is 5.28. The minimum atomic E-state index is -0.425. The van der Waals surface area contributed by atoms with E-state index in [1.54, 1.807) is 0 Å². The van der Waals surface area contributed by atoms with Crippen LogP contribution in [0, 0.1) is 19.3 Å². The highest BCUT2D eigenvalue weighted by atomic mass is 16.3. The molecule has 0 amide bonds. The average molecular weight is 275 g/mol. The lowest BCUT2D eigenvalue weighted by molar-refractivity contribution is 0.00803. The first-order chi connectivity index (χ1) is 9.60. The molecule has 0 spiro atoms. The Bertz CT molecular complexity index is 433. The molecule has 112 valence electrons. The molecular weight excluding hydrogens is 246 g/mol. The highest BCUT2D eigenvalue weighted by Crippen LogP contribution is 2.44. The van der Waals surface area contributed by atoms with Crippen molar-refractivity contribution in [2.75, 3.05) is 6.54 Å². The van der Waals surface area contributed by atoms with E-state index in [0.29, 0.717) is 6.54 Å². The summed E-state index contributed by atoms with van der Waals surface area (Å²) in [6.45, 7) is 4.81. The number of aryl methyl sites for hydroxylation is 1. The molecule has 1 unspecified atom stereocenters. The Hall–Kier alpha value is -0.860. The molecule has 1 aromatic carbocycles. The predicted octanol–water partition coefficient (Wildman–Crippen LogP) is 4.03. The second-order valence-electron chi connectivity index (χ2n) is 6.53. The van der Waals surface area contributed by atoms with E-state index in [4.69, 9.17) is 5.73 Å². The molecule has 1 aliphatic carbocycles. The van der Waals surface area contributed by atoms with E-state index in [0.717, 1.165) is 18.4 Å². The van der Waals surface area contributed by atoms with Crippen LogP contribution in [-0.4, -0.2) is 11.7 Å². The molecule has 1 atom stereocenters. The minimum Gasteiger partial charge on any atom is -0.388 e. The zero-order chi connectivity index (χ0) is 14.6. The van der Waals surface area contributed by atoms with Gasteiger partial charge in [-0.05, 0) is 43.4 Å². The topological polar surface area (TPSA) is 46.2 Å². The fraction of sp³-hybridized carbons (Fsp3) is 0.667. The quantitative estimate of drug-likeness (QED) is 0.875. The molecule has 1 saturated carbocycles. The molecule has 0 bridgehead atoms. The van der Waals surface area contributed by atoms with E-state index in [1.165, 1.54) is 43.2 Å². The Balaban J connectivity index is 2.31. The van der Waals surface area contributed by atoms with E-state index in [-0.39, 0.29) is 5.41 Å². The summed E-state index contributed by atoms with van der Waals surface area (Å²) in [6, 6.07) is 6.23. The second kappa shape index (κ2) is 6.73. The Morgan fingerprint density at radius 1 is 1.10 bits per heavy atom. The molecular formula is C18H29NO. The van der Waals surface area contributed by atoms with Crippen molar-refractivity contribution >= 4 is 0 Å². The first-order valence-corrected chi connectivity index (χ1v) is 8.05. The van der Waals surface area contributed by atoms with Gasteiger partial charge in [-0.1, -0.05) is 50.3 Å². The Kier molecular flexibility index (Phi) is 5.22. The summed E-state index contributed by atoms with van der Waals surface area (Å²) in [5.74, 6) is 0. The monoisotopic (exact) mass is 275 g/mol. The minimum absolute atomic E-state index is 0.126. The van der Waals surface area contributed by atoms with Crippen molar-refractivity contribution in [1.29, 1.82) is 0 Å². The van der Waals surface area contributed by atoms with Crippen molar-refractivity contribution in [3.05, 3.63) is 34.9 Å². The molecule has 0 saturated heterocycles. The van der Waals surface area contributed by atoms with Gasteiger partial charge >= 0.3 is 0 Å². The maximum absolute atomic E-state index is 11.0. The van der Waals surface area contributed by atoms with Crippen LogP contribution in [0.4, 0.5) is 0 Å². The van der Waals surface area contributed by atoms with Gasteiger partial charge in [-0.2, -0.15) is 0 Å². The summed E-state index contributed by atoms with van der Waals surface area (Å²) in [6.07, 6.45) is 7.96. The molecule has 1 fully saturated rings. The largest absolute Gasteiger partial charge is 0.388 e. The normalized spacial score (nSPS) is 21.0.